The summed E-state index contributed by atoms with van der Waals surface area (Å²) in [5.41, 5.74) is 5.78. The van der Waals surface area contributed by atoms with Crippen LogP contribution in [-0.2, 0) is 0 Å². The third-order valence-corrected chi connectivity index (χ3v) is 6.73. The molecule has 3 aromatic carbocycles. The second-order valence-corrected chi connectivity index (χ2v) is 9.11. The molecule has 0 bridgehead atoms. The van der Waals surface area contributed by atoms with Crippen LogP contribution in [0.5, 0.6) is 11.5 Å². The Morgan fingerprint density at radius 3 is 2.21 bits per heavy atom. The number of ether oxygens (including phenoxy) is 1. The van der Waals surface area contributed by atoms with Crippen molar-refractivity contribution >= 4 is 11.1 Å². The van der Waals surface area contributed by atoms with E-state index in [4.69, 9.17) is 4.74 Å². The maximum absolute atomic E-state index is 12.9. The topological polar surface area (TPSA) is 32.7 Å². The van der Waals surface area contributed by atoms with Gasteiger partial charge in [0.2, 0.25) is 0 Å². The molecule has 0 aromatic heterocycles. The van der Waals surface area contributed by atoms with E-state index >= 15 is 0 Å². The third-order valence-electron chi connectivity index (χ3n) is 6.73. The SMILES string of the molecule is CC/C(=C(\c1ccc(O)cc1)c1ccc(OCC(C)N2CCC(CF)C2)cc1)c1ccccc1. The van der Waals surface area contributed by atoms with Crippen LogP contribution < -0.4 is 4.74 Å². The Bertz CT molecular complexity index is 1080. The number of benzene rings is 3. The summed E-state index contributed by atoms with van der Waals surface area (Å²) < 4.78 is 19.0. The monoisotopic (exact) mass is 459 g/mol. The van der Waals surface area contributed by atoms with Crippen molar-refractivity contribution in [3.8, 4) is 11.5 Å². The van der Waals surface area contributed by atoms with Crippen LogP contribution >= 0.6 is 0 Å². The van der Waals surface area contributed by atoms with Crippen LogP contribution in [0.4, 0.5) is 4.39 Å². The zero-order chi connectivity index (χ0) is 23.9. The average molecular weight is 460 g/mol. The Morgan fingerprint density at radius 2 is 1.62 bits per heavy atom. The summed E-state index contributed by atoms with van der Waals surface area (Å²) in [7, 11) is 0. The number of likely N-dealkylation sites (tertiary alicyclic amines) is 1. The molecule has 2 atom stereocenters. The predicted molar refractivity (Wildman–Crippen MR) is 138 cm³/mol. The second-order valence-electron chi connectivity index (χ2n) is 9.11. The van der Waals surface area contributed by atoms with Crippen molar-refractivity contribution in [2.45, 2.75) is 32.7 Å². The van der Waals surface area contributed by atoms with Crippen molar-refractivity contribution in [3.63, 3.8) is 0 Å². The third kappa shape index (κ3) is 5.68. The normalized spacial score (nSPS) is 17.9. The molecule has 1 aliphatic heterocycles. The molecule has 178 valence electrons. The molecular weight excluding hydrogens is 425 g/mol. The standard InChI is InChI=1S/C30H34FNO2/c1-3-29(24-7-5-4-6-8-24)30(25-9-13-27(33)14-10-25)26-11-15-28(16-12-26)34-21-22(2)32-18-17-23(19-31)20-32/h4-16,22-23,33H,3,17-21H2,1-2H3/b30-29-. The van der Waals surface area contributed by atoms with Crippen molar-refractivity contribution in [1.29, 1.82) is 0 Å². The largest absolute Gasteiger partial charge is 0.508 e. The van der Waals surface area contributed by atoms with E-state index in [0.29, 0.717) is 6.61 Å². The Balaban J connectivity index is 1.57. The quantitative estimate of drug-likeness (QED) is 0.356. The zero-order valence-electron chi connectivity index (χ0n) is 20.1. The fourth-order valence-corrected chi connectivity index (χ4v) is 4.74. The molecule has 0 amide bonds. The number of hydrogen-bond acceptors (Lipinski definition) is 3. The number of halogens is 1. The van der Waals surface area contributed by atoms with Gasteiger partial charge in [0.05, 0.1) is 6.67 Å². The lowest BCUT2D eigenvalue weighted by Crippen LogP contribution is -2.35. The van der Waals surface area contributed by atoms with Gasteiger partial charge in [0.1, 0.15) is 18.1 Å². The molecule has 1 N–H and O–H groups in total. The van der Waals surface area contributed by atoms with Gasteiger partial charge in [-0.3, -0.25) is 9.29 Å². The van der Waals surface area contributed by atoms with Gasteiger partial charge in [-0.15, -0.1) is 0 Å². The highest BCUT2D eigenvalue weighted by atomic mass is 19.1. The Hall–Kier alpha value is -3.11. The Morgan fingerprint density at radius 1 is 0.971 bits per heavy atom. The van der Waals surface area contributed by atoms with Gasteiger partial charge >= 0.3 is 0 Å². The molecule has 0 spiro atoms. The molecule has 4 heteroatoms. The smallest absolute Gasteiger partial charge is 0.119 e. The molecule has 4 rings (SSSR count). The van der Waals surface area contributed by atoms with Crippen molar-refractivity contribution in [2.24, 2.45) is 5.92 Å². The maximum atomic E-state index is 12.9. The fourth-order valence-electron chi connectivity index (χ4n) is 4.74. The molecular formula is C30H34FNO2. The van der Waals surface area contributed by atoms with Crippen LogP contribution in [0.25, 0.3) is 11.1 Å². The number of nitrogens with zero attached hydrogens (tertiary/aromatic N) is 1. The highest BCUT2D eigenvalue weighted by Gasteiger charge is 2.26. The van der Waals surface area contributed by atoms with Gasteiger partial charge in [0, 0.05) is 18.5 Å². The molecule has 1 aliphatic rings. The highest BCUT2D eigenvalue weighted by molar-refractivity contribution is 5.98. The lowest BCUT2D eigenvalue weighted by Gasteiger charge is -2.24. The van der Waals surface area contributed by atoms with Gasteiger partial charge in [-0.2, -0.15) is 0 Å². The lowest BCUT2D eigenvalue weighted by atomic mass is 9.88. The van der Waals surface area contributed by atoms with Crippen LogP contribution in [0.2, 0.25) is 0 Å². The molecule has 1 saturated heterocycles. The van der Waals surface area contributed by atoms with Crippen LogP contribution in [0, 0.1) is 5.92 Å². The van der Waals surface area contributed by atoms with Gasteiger partial charge < -0.3 is 9.84 Å². The van der Waals surface area contributed by atoms with E-state index in [2.05, 4.69) is 55.1 Å². The minimum Gasteiger partial charge on any atom is -0.508 e. The molecule has 0 radical (unpaired) electrons. The van der Waals surface area contributed by atoms with E-state index in [1.807, 2.05) is 30.3 Å². The summed E-state index contributed by atoms with van der Waals surface area (Å²) in [6, 6.07) is 26.4. The van der Waals surface area contributed by atoms with E-state index < -0.39 is 0 Å². The van der Waals surface area contributed by atoms with Crippen molar-refractivity contribution < 1.29 is 14.2 Å². The van der Waals surface area contributed by atoms with Gasteiger partial charge in [-0.25, -0.2) is 0 Å². The molecule has 1 fully saturated rings. The fraction of sp³-hybridized carbons (Fsp3) is 0.333. The first-order chi connectivity index (χ1) is 16.6. The number of alkyl halides is 1. The van der Waals surface area contributed by atoms with Crippen molar-refractivity contribution in [2.75, 3.05) is 26.4 Å². The molecule has 3 aromatic rings. The maximum Gasteiger partial charge on any atom is 0.119 e. The summed E-state index contributed by atoms with van der Waals surface area (Å²) in [5, 5.41) is 9.81. The summed E-state index contributed by atoms with van der Waals surface area (Å²) in [6.45, 7) is 6.44. The van der Waals surface area contributed by atoms with Gasteiger partial charge in [-0.05, 0) is 78.4 Å². The molecule has 1 heterocycles. The summed E-state index contributed by atoms with van der Waals surface area (Å²) in [6.07, 6.45) is 1.81. The van der Waals surface area contributed by atoms with Crippen molar-refractivity contribution in [3.05, 3.63) is 95.6 Å². The zero-order valence-corrected chi connectivity index (χ0v) is 20.1. The second kappa shape index (κ2) is 11.3. The highest BCUT2D eigenvalue weighted by Crippen LogP contribution is 2.35. The van der Waals surface area contributed by atoms with Crippen molar-refractivity contribution in [1.82, 2.24) is 4.90 Å². The van der Waals surface area contributed by atoms with Crippen LogP contribution in [0.1, 0.15) is 43.4 Å². The summed E-state index contributed by atoms with van der Waals surface area (Å²) >= 11 is 0. The lowest BCUT2D eigenvalue weighted by molar-refractivity contribution is 0.166. The number of hydrogen-bond donors (Lipinski definition) is 1. The number of phenols is 1. The number of aromatic hydroxyl groups is 1. The van der Waals surface area contributed by atoms with Crippen LogP contribution in [0.3, 0.4) is 0 Å². The first-order valence-corrected chi connectivity index (χ1v) is 12.2. The average Bonchev–Trinajstić information content (AvgIpc) is 3.37. The number of rotatable bonds is 9. The van der Waals surface area contributed by atoms with E-state index in [1.165, 1.54) is 11.1 Å². The first-order valence-electron chi connectivity index (χ1n) is 12.2. The molecule has 3 nitrogen and oxygen atoms in total. The van der Waals surface area contributed by atoms with Crippen LogP contribution in [0.15, 0.2) is 78.9 Å². The van der Waals surface area contributed by atoms with E-state index in [9.17, 15) is 9.50 Å². The molecule has 0 saturated carbocycles. The molecule has 0 aliphatic carbocycles. The van der Waals surface area contributed by atoms with E-state index in [-0.39, 0.29) is 24.4 Å². The minimum absolute atomic E-state index is 0.171. The van der Waals surface area contributed by atoms with Gasteiger partial charge in [0.15, 0.2) is 0 Å². The van der Waals surface area contributed by atoms with Crippen LogP contribution in [-0.4, -0.2) is 42.4 Å². The Labute approximate surface area is 202 Å². The van der Waals surface area contributed by atoms with E-state index in [0.717, 1.165) is 48.4 Å². The summed E-state index contributed by atoms with van der Waals surface area (Å²) in [5.74, 6) is 1.26. The van der Waals surface area contributed by atoms with Gasteiger partial charge in [-0.1, -0.05) is 61.5 Å². The molecule has 34 heavy (non-hydrogen) atoms. The summed E-state index contributed by atoms with van der Waals surface area (Å²) in [4.78, 5) is 2.32. The predicted octanol–water partition coefficient (Wildman–Crippen LogP) is 6.82. The number of phenolic OH excluding ortho intramolecular Hbond substituents is 1. The number of allylic oxidation sites excluding steroid dienone is 1. The Kier molecular flexibility index (Phi) is 8.02. The van der Waals surface area contributed by atoms with Gasteiger partial charge in [0.25, 0.3) is 0 Å². The first kappa shape index (κ1) is 24.0. The minimum atomic E-state index is -0.231. The van der Waals surface area contributed by atoms with E-state index in [1.54, 1.807) is 12.1 Å². The molecule has 2 unspecified atom stereocenters.